The SMILES string of the molecule is CCCCCC(CC)N(CNc1cccc(C)c1N)C(CC)CCCCC. The highest BCUT2D eigenvalue weighted by atomic mass is 15.3. The summed E-state index contributed by atoms with van der Waals surface area (Å²) in [6, 6.07) is 7.59. The van der Waals surface area contributed by atoms with Gasteiger partial charge in [-0.3, -0.25) is 4.90 Å². The van der Waals surface area contributed by atoms with Crippen LogP contribution in [0, 0.1) is 6.92 Å². The van der Waals surface area contributed by atoms with E-state index >= 15 is 0 Å². The minimum atomic E-state index is 0.654. The summed E-state index contributed by atoms with van der Waals surface area (Å²) in [5, 5.41) is 3.67. The lowest BCUT2D eigenvalue weighted by Gasteiger charge is -2.38. The van der Waals surface area contributed by atoms with Gasteiger partial charge in [0.05, 0.1) is 18.0 Å². The molecule has 3 N–H and O–H groups in total. The molecule has 0 amide bonds. The standard InChI is InChI=1S/C24H45N3/c1-6-10-12-16-21(8-3)27(22(9-4)17-13-11-7-2)19-26-23-18-14-15-20(5)24(23)25/h14-15,18,21-22,26H,6-13,16-17,19,25H2,1-5H3. The predicted molar refractivity (Wildman–Crippen MR) is 122 cm³/mol. The van der Waals surface area contributed by atoms with Gasteiger partial charge in [0.15, 0.2) is 0 Å². The number of benzene rings is 1. The van der Waals surface area contributed by atoms with Gasteiger partial charge in [-0.2, -0.15) is 0 Å². The van der Waals surface area contributed by atoms with Crippen LogP contribution >= 0.6 is 0 Å². The molecule has 0 fully saturated rings. The van der Waals surface area contributed by atoms with Gasteiger partial charge in [0.25, 0.3) is 0 Å². The van der Waals surface area contributed by atoms with Crippen molar-refractivity contribution in [2.75, 3.05) is 17.7 Å². The first-order valence-electron chi connectivity index (χ1n) is 11.4. The summed E-state index contributed by atoms with van der Waals surface area (Å²) >= 11 is 0. The molecule has 3 nitrogen and oxygen atoms in total. The lowest BCUT2D eigenvalue weighted by atomic mass is 9.98. The number of rotatable bonds is 15. The van der Waals surface area contributed by atoms with Crippen LogP contribution in [0.2, 0.25) is 0 Å². The van der Waals surface area contributed by atoms with Gasteiger partial charge < -0.3 is 11.1 Å². The smallest absolute Gasteiger partial charge is 0.0683 e. The van der Waals surface area contributed by atoms with Gasteiger partial charge in [-0.1, -0.05) is 78.4 Å². The highest BCUT2D eigenvalue weighted by Crippen LogP contribution is 2.25. The fraction of sp³-hybridized carbons (Fsp3) is 0.750. The fourth-order valence-electron chi connectivity index (χ4n) is 4.04. The quantitative estimate of drug-likeness (QED) is 0.198. The number of nitrogens with zero attached hydrogens (tertiary/aromatic N) is 1. The third-order valence-electron chi connectivity index (χ3n) is 5.94. The zero-order valence-corrected chi connectivity index (χ0v) is 18.7. The zero-order valence-electron chi connectivity index (χ0n) is 18.7. The van der Waals surface area contributed by atoms with Crippen LogP contribution in [0.4, 0.5) is 11.4 Å². The number of nitrogen functional groups attached to an aromatic ring is 1. The van der Waals surface area contributed by atoms with E-state index in [1.807, 2.05) is 0 Å². The van der Waals surface area contributed by atoms with Crippen molar-refractivity contribution in [1.29, 1.82) is 0 Å². The predicted octanol–water partition coefficient (Wildman–Crippen LogP) is 6.97. The van der Waals surface area contributed by atoms with Crippen molar-refractivity contribution in [2.45, 2.75) is 111 Å². The largest absolute Gasteiger partial charge is 0.397 e. The number of nitrogens with one attached hydrogen (secondary N) is 1. The van der Waals surface area contributed by atoms with Crippen LogP contribution in [-0.4, -0.2) is 23.7 Å². The number of para-hydroxylation sites is 1. The summed E-state index contributed by atoms with van der Waals surface area (Å²) in [5.41, 5.74) is 9.41. The summed E-state index contributed by atoms with van der Waals surface area (Å²) in [6.07, 6.45) is 13.0. The lowest BCUT2D eigenvalue weighted by Crippen LogP contribution is -2.45. The highest BCUT2D eigenvalue weighted by Gasteiger charge is 2.23. The molecule has 3 heteroatoms. The second kappa shape index (κ2) is 13.9. The molecular formula is C24H45N3. The Balaban J connectivity index is 2.87. The molecular weight excluding hydrogens is 330 g/mol. The number of hydrogen-bond acceptors (Lipinski definition) is 3. The number of hydrogen-bond donors (Lipinski definition) is 2. The first kappa shape index (κ1) is 23.8. The third-order valence-corrected chi connectivity index (χ3v) is 5.94. The Labute approximate surface area is 169 Å². The molecule has 0 heterocycles. The number of unbranched alkanes of at least 4 members (excludes halogenated alkanes) is 4. The van der Waals surface area contributed by atoms with Crippen LogP contribution in [-0.2, 0) is 0 Å². The molecule has 1 aromatic rings. The molecule has 1 rings (SSSR count). The second-order valence-corrected chi connectivity index (χ2v) is 8.00. The fourth-order valence-corrected chi connectivity index (χ4v) is 4.04. The summed E-state index contributed by atoms with van der Waals surface area (Å²) in [6.45, 7) is 12.3. The van der Waals surface area contributed by atoms with Gasteiger partial charge in [0.1, 0.15) is 0 Å². The molecule has 0 bridgehead atoms. The van der Waals surface area contributed by atoms with E-state index in [1.54, 1.807) is 0 Å². The zero-order chi connectivity index (χ0) is 20.1. The second-order valence-electron chi connectivity index (χ2n) is 8.00. The molecule has 0 saturated carbocycles. The third kappa shape index (κ3) is 8.13. The Kier molecular flexibility index (Phi) is 12.2. The minimum absolute atomic E-state index is 0.654. The maximum absolute atomic E-state index is 6.30. The Hall–Kier alpha value is -1.22. The first-order chi connectivity index (χ1) is 13.1. The van der Waals surface area contributed by atoms with Crippen molar-refractivity contribution < 1.29 is 0 Å². The Morgan fingerprint density at radius 2 is 1.44 bits per heavy atom. The highest BCUT2D eigenvalue weighted by molar-refractivity contribution is 5.69. The van der Waals surface area contributed by atoms with Gasteiger partial charge in [0, 0.05) is 12.1 Å². The minimum Gasteiger partial charge on any atom is -0.397 e. The summed E-state index contributed by atoms with van der Waals surface area (Å²) in [4.78, 5) is 2.74. The van der Waals surface area contributed by atoms with E-state index in [1.165, 1.54) is 64.2 Å². The molecule has 0 saturated heterocycles. The van der Waals surface area contributed by atoms with Crippen LogP contribution in [0.5, 0.6) is 0 Å². The maximum Gasteiger partial charge on any atom is 0.0683 e. The Bertz CT molecular complexity index is 482. The molecule has 0 spiro atoms. The summed E-state index contributed by atoms with van der Waals surface area (Å²) in [5.74, 6) is 0. The topological polar surface area (TPSA) is 41.3 Å². The van der Waals surface area contributed by atoms with Gasteiger partial charge in [0.2, 0.25) is 0 Å². The van der Waals surface area contributed by atoms with E-state index in [0.717, 1.165) is 23.6 Å². The van der Waals surface area contributed by atoms with E-state index in [2.05, 4.69) is 63.0 Å². The van der Waals surface area contributed by atoms with Crippen molar-refractivity contribution in [2.24, 2.45) is 0 Å². The number of nitrogens with two attached hydrogens (primary N) is 1. The van der Waals surface area contributed by atoms with Crippen LogP contribution < -0.4 is 11.1 Å². The van der Waals surface area contributed by atoms with Crippen molar-refractivity contribution in [1.82, 2.24) is 4.90 Å². The Morgan fingerprint density at radius 1 is 0.889 bits per heavy atom. The summed E-state index contributed by atoms with van der Waals surface area (Å²) in [7, 11) is 0. The van der Waals surface area contributed by atoms with E-state index < -0.39 is 0 Å². The van der Waals surface area contributed by atoms with Crippen molar-refractivity contribution >= 4 is 11.4 Å². The Morgan fingerprint density at radius 3 is 1.93 bits per heavy atom. The molecule has 0 aliphatic heterocycles. The molecule has 156 valence electrons. The monoisotopic (exact) mass is 375 g/mol. The molecule has 0 radical (unpaired) electrons. The molecule has 1 aromatic carbocycles. The van der Waals surface area contributed by atoms with Crippen molar-refractivity contribution in [3.63, 3.8) is 0 Å². The van der Waals surface area contributed by atoms with Crippen LogP contribution in [0.15, 0.2) is 18.2 Å². The molecule has 2 atom stereocenters. The van der Waals surface area contributed by atoms with Crippen LogP contribution in [0.1, 0.15) is 97.5 Å². The number of aryl methyl sites for hydroxylation is 1. The van der Waals surface area contributed by atoms with Crippen molar-refractivity contribution in [3.8, 4) is 0 Å². The molecule has 0 aliphatic rings. The average Bonchev–Trinajstić information content (AvgIpc) is 2.68. The lowest BCUT2D eigenvalue weighted by molar-refractivity contribution is 0.118. The molecule has 0 aromatic heterocycles. The van der Waals surface area contributed by atoms with Gasteiger partial charge >= 0.3 is 0 Å². The number of anilines is 2. The molecule has 27 heavy (non-hydrogen) atoms. The maximum atomic E-state index is 6.30. The molecule has 0 aliphatic carbocycles. The summed E-state index contributed by atoms with van der Waals surface area (Å²) < 4.78 is 0. The molecule has 2 unspecified atom stereocenters. The van der Waals surface area contributed by atoms with Gasteiger partial charge in [-0.15, -0.1) is 0 Å². The van der Waals surface area contributed by atoms with Gasteiger partial charge in [-0.25, -0.2) is 0 Å². The first-order valence-corrected chi connectivity index (χ1v) is 11.4. The normalized spacial score (nSPS) is 13.7. The van der Waals surface area contributed by atoms with Gasteiger partial charge in [-0.05, 0) is 44.2 Å². The van der Waals surface area contributed by atoms with E-state index in [9.17, 15) is 0 Å². The van der Waals surface area contributed by atoms with E-state index in [4.69, 9.17) is 5.73 Å². The van der Waals surface area contributed by atoms with Crippen LogP contribution in [0.25, 0.3) is 0 Å². The van der Waals surface area contributed by atoms with Crippen LogP contribution in [0.3, 0.4) is 0 Å². The van der Waals surface area contributed by atoms with Crippen molar-refractivity contribution in [3.05, 3.63) is 23.8 Å². The van der Waals surface area contributed by atoms with E-state index in [-0.39, 0.29) is 0 Å². The van der Waals surface area contributed by atoms with E-state index in [0.29, 0.717) is 12.1 Å². The average molecular weight is 376 g/mol.